The molecule has 0 fully saturated rings. The zero-order valence-electron chi connectivity index (χ0n) is 13.8. The number of halogens is 1. The number of hydrogen-bond donors (Lipinski definition) is 0. The quantitative estimate of drug-likeness (QED) is 0.781. The molecule has 2 rings (SSSR count). The van der Waals surface area contributed by atoms with E-state index in [0.29, 0.717) is 18.1 Å². The van der Waals surface area contributed by atoms with Gasteiger partial charge < -0.3 is 14.4 Å². The van der Waals surface area contributed by atoms with Crippen LogP contribution in [-0.2, 0) is 11.3 Å². The summed E-state index contributed by atoms with van der Waals surface area (Å²) in [5.74, 6) is 0.0739. The average molecular weight is 335 g/mol. The molecular weight excluding hydrogens is 312 g/mol. The van der Waals surface area contributed by atoms with Gasteiger partial charge in [-0.15, -0.1) is 0 Å². The molecule has 1 unspecified atom stereocenters. The molecule has 23 heavy (non-hydrogen) atoms. The average Bonchev–Trinajstić information content (AvgIpc) is 3.04. The van der Waals surface area contributed by atoms with Gasteiger partial charge in [0.1, 0.15) is 6.04 Å². The van der Waals surface area contributed by atoms with Crippen LogP contribution in [-0.4, -0.2) is 52.4 Å². The van der Waals surface area contributed by atoms with E-state index < -0.39 is 0 Å². The minimum absolute atomic E-state index is 0.0739. The number of carbonyl (C=O) groups is 1. The van der Waals surface area contributed by atoms with Gasteiger partial charge in [0.25, 0.3) is 0 Å². The van der Waals surface area contributed by atoms with Gasteiger partial charge in [-0.3, -0.25) is 4.79 Å². The van der Waals surface area contributed by atoms with Gasteiger partial charge in [0, 0.05) is 37.1 Å². The van der Waals surface area contributed by atoms with Crippen molar-refractivity contribution in [2.45, 2.75) is 19.5 Å². The lowest BCUT2D eigenvalue weighted by Gasteiger charge is -2.27. The summed E-state index contributed by atoms with van der Waals surface area (Å²) < 4.78 is 1.82. The van der Waals surface area contributed by atoms with Crippen molar-refractivity contribution in [2.75, 3.05) is 27.2 Å². The molecule has 0 spiro atoms. The van der Waals surface area contributed by atoms with Gasteiger partial charge in [-0.05, 0) is 38.7 Å². The van der Waals surface area contributed by atoms with Crippen molar-refractivity contribution in [3.05, 3.63) is 53.6 Å². The van der Waals surface area contributed by atoms with E-state index in [4.69, 9.17) is 11.6 Å². The molecule has 0 saturated heterocycles. The number of amides is 1. The SMILES string of the molecule is CC(C(=O)N(CCN(C)C)Cc1cccc(Cl)c1)n1ccnc1. The number of likely N-dealkylation sites (N-methyl/N-ethyl adjacent to an activating group) is 1. The Labute approximate surface area is 142 Å². The fourth-order valence-corrected chi connectivity index (χ4v) is 2.55. The van der Waals surface area contributed by atoms with E-state index in [0.717, 1.165) is 12.1 Å². The van der Waals surface area contributed by atoms with Crippen molar-refractivity contribution in [1.29, 1.82) is 0 Å². The van der Waals surface area contributed by atoms with Crippen LogP contribution in [0.15, 0.2) is 43.0 Å². The molecule has 0 saturated carbocycles. The van der Waals surface area contributed by atoms with Crippen molar-refractivity contribution in [3.63, 3.8) is 0 Å². The lowest BCUT2D eigenvalue weighted by atomic mass is 10.2. The molecule has 124 valence electrons. The van der Waals surface area contributed by atoms with E-state index in [9.17, 15) is 4.79 Å². The number of carbonyl (C=O) groups excluding carboxylic acids is 1. The van der Waals surface area contributed by atoms with E-state index in [1.54, 1.807) is 12.5 Å². The second kappa shape index (κ2) is 8.13. The summed E-state index contributed by atoms with van der Waals surface area (Å²) >= 11 is 6.06. The van der Waals surface area contributed by atoms with Crippen molar-refractivity contribution >= 4 is 17.5 Å². The molecule has 1 amide bonds. The summed E-state index contributed by atoms with van der Waals surface area (Å²) in [5, 5.41) is 0.685. The highest BCUT2D eigenvalue weighted by atomic mass is 35.5. The van der Waals surface area contributed by atoms with E-state index >= 15 is 0 Å². The van der Waals surface area contributed by atoms with Crippen molar-refractivity contribution in [1.82, 2.24) is 19.4 Å². The zero-order valence-corrected chi connectivity index (χ0v) is 14.6. The van der Waals surface area contributed by atoms with Crippen LogP contribution in [0.2, 0.25) is 5.02 Å². The first-order chi connectivity index (χ1) is 11.0. The Morgan fingerprint density at radius 2 is 2.13 bits per heavy atom. The maximum absolute atomic E-state index is 12.9. The predicted octanol–water partition coefficient (Wildman–Crippen LogP) is 2.69. The Kier molecular flexibility index (Phi) is 6.19. The molecule has 1 atom stereocenters. The largest absolute Gasteiger partial charge is 0.335 e. The molecule has 1 heterocycles. The highest BCUT2D eigenvalue weighted by Crippen LogP contribution is 2.16. The maximum atomic E-state index is 12.9. The van der Waals surface area contributed by atoms with Crippen molar-refractivity contribution < 1.29 is 4.79 Å². The third-order valence-electron chi connectivity index (χ3n) is 3.72. The van der Waals surface area contributed by atoms with Crippen LogP contribution >= 0.6 is 11.6 Å². The van der Waals surface area contributed by atoms with Crippen molar-refractivity contribution in [2.24, 2.45) is 0 Å². The highest BCUT2D eigenvalue weighted by Gasteiger charge is 2.22. The monoisotopic (exact) mass is 334 g/mol. The lowest BCUT2D eigenvalue weighted by molar-refractivity contribution is -0.135. The molecule has 1 aromatic heterocycles. The van der Waals surface area contributed by atoms with Gasteiger partial charge in [-0.1, -0.05) is 23.7 Å². The predicted molar refractivity (Wildman–Crippen MR) is 92.4 cm³/mol. The second-order valence-corrected chi connectivity index (χ2v) is 6.32. The molecule has 0 bridgehead atoms. The van der Waals surface area contributed by atoms with E-state index in [1.165, 1.54) is 0 Å². The first-order valence-corrected chi connectivity index (χ1v) is 8.00. The fourth-order valence-electron chi connectivity index (χ4n) is 2.33. The molecule has 0 aliphatic rings. The molecule has 0 aliphatic heterocycles. The zero-order chi connectivity index (χ0) is 16.8. The number of imidazole rings is 1. The summed E-state index contributed by atoms with van der Waals surface area (Å²) in [4.78, 5) is 20.8. The summed E-state index contributed by atoms with van der Waals surface area (Å²) in [6.07, 6.45) is 5.17. The number of nitrogens with zero attached hydrogens (tertiary/aromatic N) is 4. The van der Waals surface area contributed by atoms with Crippen LogP contribution in [0, 0.1) is 0 Å². The van der Waals surface area contributed by atoms with Gasteiger partial charge in [-0.25, -0.2) is 4.98 Å². The summed E-state index contributed by atoms with van der Waals surface area (Å²) in [7, 11) is 4.00. The molecule has 5 nitrogen and oxygen atoms in total. The van der Waals surface area contributed by atoms with Gasteiger partial charge >= 0.3 is 0 Å². The summed E-state index contributed by atoms with van der Waals surface area (Å²) in [6, 6.07) is 7.36. The number of benzene rings is 1. The fraction of sp³-hybridized carbons (Fsp3) is 0.412. The Balaban J connectivity index is 2.14. The highest BCUT2D eigenvalue weighted by molar-refractivity contribution is 6.30. The second-order valence-electron chi connectivity index (χ2n) is 5.88. The van der Waals surface area contributed by atoms with Gasteiger partial charge in [0.15, 0.2) is 0 Å². The van der Waals surface area contributed by atoms with Crippen LogP contribution in [0.4, 0.5) is 0 Å². The van der Waals surface area contributed by atoms with Crippen molar-refractivity contribution in [3.8, 4) is 0 Å². The standard InChI is InChI=1S/C17H23ClN4O/c1-14(22-8-7-19-13-22)17(23)21(10-9-20(2)3)12-15-5-4-6-16(18)11-15/h4-8,11,13-14H,9-10,12H2,1-3H3. The van der Waals surface area contributed by atoms with Crippen LogP contribution in [0.5, 0.6) is 0 Å². The Bertz CT molecular complexity index is 627. The van der Waals surface area contributed by atoms with Gasteiger partial charge in [-0.2, -0.15) is 0 Å². The summed E-state index contributed by atoms with van der Waals surface area (Å²) in [6.45, 7) is 3.91. The number of aromatic nitrogens is 2. The molecule has 0 aliphatic carbocycles. The van der Waals surface area contributed by atoms with Crippen LogP contribution < -0.4 is 0 Å². The van der Waals surface area contributed by atoms with E-state index in [2.05, 4.69) is 9.88 Å². The number of rotatable bonds is 7. The van der Waals surface area contributed by atoms with Crippen LogP contribution in [0.25, 0.3) is 0 Å². The maximum Gasteiger partial charge on any atom is 0.245 e. The first-order valence-electron chi connectivity index (χ1n) is 7.63. The van der Waals surface area contributed by atoms with Gasteiger partial charge in [0.2, 0.25) is 5.91 Å². The minimum Gasteiger partial charge on any atom is -0.335 e. The van der Waals surface area contributed by atoms with E-state index in [-0.39, 0.29) is 11.9 Å². The number of hydrogen-bond acceptors (Lipinski definition) is 3. The normalized spacial score (nSPS) is 12.4. The topological polar surface area (TPSA) is 41.4 Å². The molecule has 2 aromatic rings. The van der Waals surface area contributed by atoms with Crippen LogP contribution in [0.1, 0.15) is 18.5 Å². The van der Waals surface area contributed by atoms with Crippen LogP contribution in [0.3, 0.4) is 0 Å². The lowest BCUT2D eigenvalue weighted by Crippen LogP contribution is -2.39. The van der Waals surface area contributed by atoms with E-state index in [1.807, 2.05) is 60.9 Å². The molecular formula is C17H23ClN4O. The minimum atomic E-state index is -0.279. The molecule has 6 heteroatoms. The van der Waals surface area contributed by atoms with Gasteiger partial charge in [0.05, 0.1) is 6.33 Å². The first kappa shape index (κ1) is 17.5. The Hall–Kier alpha value is -1.85. The third-order valence-corrected chi connectivity index (χ3v) is 3.96. The Morgan fingerprint density at radius 3 is 2.74 bits per heavy atom. The smallest absolute Gasteiger partial charge is 0.245 e. The Morgan fingerprint density at radius 1 is 1.35 bits per heavy atom. The molecule has 0 radical (unpaired) electrons. The third kappa shape index (κ3) is 5.08. The summed E-state index contributed by atoms with van der Waals surface area (Å²) in [5.41, 5.74) is 1.03. The molecule has 0 N–H and O–H groups in total. The molecule has 1 aromatic carbocycles.